The van der Waals surface area contributed by atoms with Gasteiger partial charge in [-0.2, -0.15) is 0 Å². The Morgan fingerprint density at radius 1 is 1.53 bits per heavy atom. The Bertz CT molecular complexity index is 318. The lowest BCUT2D eigenvalue weighted by molar-refractivity contribution is 0.376. The van der Waals surface area contributed by atoms with Crippen molar-refractivity contribution in [3.63, 3.8) is 0 Å². The molecule has 0 saturated heterocycles. The summed E-state index contributed by atoms with van der Waals surface area (Å²) in [6.07, 6.45) is 7.92. The van der Waals surface area contributed by atoms with Crippen molar-refractivity contribution in [2.75, 3.05) is 0 Å². The molecule has 0 aliphatic heterocycles. The van der Waals surface area contributed by atoms with Gasteiger partial charge in [0.1, 0.15) is 5.82 Å². The molecule has 1 aromatic rings. The third kappa shape index (κ3) is 2.23. The minimum atomic E-state index is 0.357. The van der Waals surface area contributed by atoms with E-state index in [1.807, 2.05) is 12.4 Å². The molecule has 0 aromatic carbocycles. The Hall–Kier alpha value is -0.830. The average Bonchev–Trinajstić information content (AvgIpc) is 2.76. The van der Waals surface area contributed by atoms with Crippen LogP contribution in [0, 0.1) is 5.92 Å². The first-order valence-electron chi connectivity index (χ1n) is 5.91. The van der Waals surface area contributed by atoms with Gasteiger partial charge in [0.05, 0.1) is 6.04 Å². The highest BCUT2D eigenvalue weighted by Gasteiger charge is 2.25. The lowest BCUT2D eigenvalue weighted by atomic mass is 10.1. The number of rotatable bonds is 3. The number of hydrogen-bond donors (Lipinski definition) is 1. The second kappa shape index (κ2) is 4.35. The summed E-state index contributed by atoms with van der Waals surface area (Å²) in [5.41, 5.74) is 0. The molecular formula is C12H21N3. The Morgan fingerprint density at radius 2 is 2.33 bits per heavy atom. The van der Waals surface area contributed by atoms with E-state index >= 15 is 0 Å². The summed E-state index contributed by atoms with van der Waals surface area (Å²) >= 11 is 0. The van der Waals surface area contributed by atoms with Gasteiger partial charge in [-0.05, 0) is 25.7 Å². The summed E-state index contributed by atoms with van der Waals surface area (Å²) in [6, 6.07) is 1.03. The molecule has 1 heterocycles. The van der Waals surface area contributed by atoms with Crippen molar-refractivity contribution >= 4 is 0 Å². The summed E-state index contributed by atoms with van der Waals surface area (Å²) in [6.45, 7) is 4.54. The van der Waals surface area contributed by atoms with Crippen molar-refractivity contribution in [3.8, 4) is 0 Å². The maximum Gasteiger partial charge on any atom is 0.125 e. The molecule has 0 radical (unpaired) electrons. The van der Waals surface area contributed by atoms with Crippen LogP contribution in [0.3, 0.4) is 0 Å². The zero-order valence-electron chi connectivity index (χ0n) is 9.90. The lowest BCUT2D eigenvalue weighted by Gasteiger charge is -2.22. The van der Waals surface area contributed by atoms with Crippen molar-refractivity contribution in [1.29, 1.82) is 0 Å². The Labute approximate surface area is 91.9 Å². The molecule has 1 fully saturated rings. The Kier molecular flexibility index (Phi) is 3.10. The molecule has 3 unspecified atom stereocenters. The number of nitrogens with one attached hydrogen (secondary N) is 1. The van der Waals surface area contributed by atoms with Crippen molar-refractivity contribution in [1.82, 2.24) is 14.9 Å². The quantitative estimate of drug-likeness (QED) is 0.824. The summed E-state index contributed by atoms with van der Waals surface area (Å²) in [5.74, 6) is 1.95. The van der Waals surface area contributed by atoms with Crippen LogP contribution in [0.4, 0.5) is 0 Å². The summed E-state index contributed by atoms with van der Waals surface area (Å²) < 4.78 is 2.09. The highest BCUT2D eigenvalue weighted by molar-refractivity contribution is 4.98. The maximum atomic E-state index is 4.38. The fourth-order valence-corrected chi connectivity index (χ4v) is 2.58. The van der Waals surface area contributed by atoms with Gasteiger partial charge >= 0.3 is 0 Å². The zero-order valence-corrected chi connectivity index (χ0v) is 9.90. The molecule has 1 N–H and O–H groups in total. The molecular weight excluding hydrogens is 186 g/mol. The van der Waals surface area contributed by atoms with E-state index in [0.29, 0.717) is 12.1 Å². The molecule has 3 atom stereocenters. The van der Waals surface area contributed by atoms with E-state index in [-0.39, 0.29) is 0 Å². The molecule has 2 rings (SSSR count). The fraction of sp³-hybridized carbons (Fsp3) is 0.750. The Balaban J connectivity index is 1.97. The normalized spacial score (nSPS) is 28.2. The van der Waals surface area contributed by atoms with Gasteiger partial charge in [0.2, 0.25) is 0 Å². The van der Waals surface area contributed by atoms with Gasteiger partial charge in [-0.1, -0.05) is 13.3 Å². The predicted octanol–water partition coefficient (Wildman–Crippen LogP) is 2.26. The zero-order chi connectivity index (χ0) is 10.8. The van der Waals surface area contributed by atoms with Gasteiger partial charge in [-0.25, -0.2) is 4.98 Å². The molecule has 0 amide bonds. The highest BCUT2D eigenvalue weighted by atomic mass is 15.1. The third-order valence-electron chi connectivity index (χ3n) is 3.57. The van der Waals surface area contributed by atoms with E-state index in [4.69, 9.17) is 0 Å². The van der Waals surface area contributed by atoms with E-state index in [1.165, 1.54) is 19.3 Å². The Morgan fingerprint density at radius 3 is 2.87 bits per heavy atom. The van der Waals surface area contributed by atoms with Gasteiger partial charge in [0.25, 0.3) is 0 Å². The summed E-state index contributed by atoms with van der Waals surface area (Å²) in [7, 11) is 2.05. The number of aromatic nitrogens is 2. The first-order chi connectivity index (χ1) is 7.18. The molecule has 1 aromatic heterocycles. The molecule has 1 saturated carbocycles. The van der Waals surface area contributed by atoms with Crippen molar-refractivity contribution < 1.29 is 0 Å². The van der Waals surface area contributed by atoms with E-state index in [9.17, 15) is 0 Å². The van der Waals surface area contributed by atoms with Gasteiger partial charge in [-0.3, -0.25) is 0 Å². The highest BCUT2D eigenvalue weighted by Crippen LogP contribution is 2.26. The maximum absolute atomic E-state index is 4.38. The molecule has 0 spiro atoms. The van der Waals surface area contributed by atoms with Crippen LogP contribution >= 0.6 is 0 Å². The van der Waals surface area contributed by atoms with Crippen molar-refractivity contribution in [3.05, 3.63) is 18.2 Å². The standard InChI is InChI=1S/C12H21N3/c1-9-5-4-6-11(9)14-10(2)12-13-7-8-15(12)3/h7-11,14H,4-6H2,1-3H3. The number of hydrogen-bond acceptors (Lipinski definition) is 2. The first kappa shape index (κ1) is 10.7. The molecule has 0 bridgehead atoms. The average molecular weight is 207 g/mol. The molecule has 15 heavy (non-hydrogen) atoms. The molecule has 84 valence electrons. The van der Waals surface area contributed by atoms with Crippen LogP contribution < -0.4 is 5.32 Å². The van der Waals surface area contributed by atoms with Crippen LogP contribution in [-0.2, 0) is 7.05 Å². The number of imidazole rings is 1. The van der Waals surface area contributed by atoms with Crippen LogP contribution in [0.25, 0.3) is 0 Å². The SMILES string of the molecule is CC(NC1CCCC1C)c1nccn1C. The van der Waals surface area contributed by atoms with Gasteiger partial charge in [0.15, 0.2) is 0 Å². The largest absolute Gasteiger partial charge is 0.337 e. The third-order valence-corrected chi connectivity index (χ3v) is 3.57. The minimum Gasteiger partial charge on any atom is -0.337 e. The van der Waals surface area contributed by atoms with Crippen molar-refractivity contribution in [2.24, 2.45) is 13.0 Å². The van der Waals surface area contributed by atoms with Crippen LogP contribution in [0.1, 0.15) is 45.0 Å². The smallest absolute Gasteiger partial charge is 0.125 e. The van der Waals surface area contributed by atoms with E-state index in [1.54, 1.807) is 0 Å². The van der Waals surface area contributed by atoms with Gasteiger partial charge in [-0.15, -0.1) is 0 Å². The predicted molar refractivity (Wildman–Crippen MR) is 61.6 cm³/mol. The summed E-state index contributed by atoms with van der Waals surface area (Å²) in [5, 5.41) is 3.69. The van der Waals surface area contributed by atoms with Crippen LogP contribution in [-0.4, -0.2) is 15.6 Å². The monoisotopic (exact) mass is 207 g/mol. The topological polar surface area (TPSA) is 29.9 Å². The van der Waals surface area contributed by atoms with Gasteiger partial charge < -0.3 is 9.88 Å². The minimum absolute atomic E-state index is 0.357. The van der Waals surface area contributed by atoms with E-state index in [2.05, 4.69) is 35.8 Å². The lowest BCUT2D eigenvalue weighted by Crippen LogP contribution is -2.34. The molecule has 3 nitrogen and oxygen atoms in total. The van der Waals surface area contributed by atoms with E-state index < -0.39 is 0 Å². The first-order valence-corrected chi connectivity index (χ1v) is 5.91. The van der Waals surface area contributed by atoms with Crippen LogP contribution in [0.2, 0.25) is 0 Å². The second-order valence-corrected chi connectivity index (χ2v) is 4.80. The second-order valence-electron chi connectivity index (χ2n) is 4.80. The van der Waals surface area contributed by atoms with Crippen molar-refractivity contribution in [2.45, 2.75) is 45.2 Å². The summed E-state index contributed by atoms with van der Waals surface area (Å²) in [4.78, 5) is 4.38. The van der Waals surface area contributed by atoms with E-state index in [0.717, 1.165) is 11.7 Å². The van der Waals surface area contributed by atoms with Gasteiger partial charge in [0, 0.05) is 25.5 Å². The number of aryl methyl sites for hydroxylation is 1. The van der Waals surface area contributed by atoms with Crippen LogP contribution in [0.15, 0.2) is 12.4 Å². The van der Waals surface area contributed by atoms with Crippen LogP contribution in [0.5, 0.6) is 0 Å². The molecule has 1 aliphatic rings. The molecule has 3 heteroatoms. The molecule has 1 aliphatic carbocycles. The number of nitrogens with zero attached hydrogens (tertiary/aromatic N) is 2. The fourth-order valence-electron chi connectivity index (χ4n) is 2.58.